The van der Waals surface area contributed by atoms with Crippen LogP contribution in [0.25, 0.3) is 21.3 Å². The van der Waals surface area contributed by atoms with Crippen LogP contribution in [0.2, 0.25) is 0 Å². The van der Waals surface area contributed by atoms with E-state index in [-0.39, 0.29) is 5.92 Å². The third-order valence-electron chi connectivity index (χ3n) is 4.57. The Labute approximate surface area is 163 Å². The van der Waals surface area contributed by atoms with E-state index in [4.69, 9.17) is 0 Å². The Hall–Kier alpha value is -2.47. The molecule has 0 saturated heterocycles. The summed E-state index contributed by atoms with van der Waals surface area (Å²) in [6.45, 7) is 8.37. The van der Waals surface area contributed by atoms with Crippen molar-refractivity contribution in [2.24, 2.45) is 5.92 Å². The molecule has 0 aliphatic heterocycles. The van der Waals surface area contributed by atoms with Crippen LogP contribution in [0.1, 0.15) is 45.6 Å². The number of fused-ring (bicyclic) bond motifs is 1. The molecule has 0 aliphatic rings. The topological polar surface area (TPSA) is 75.1 Å². The Kier molecular flexibility index (Phi) is 5.75. The van der Waals surface area contributed by atoms with Crippen molar-refractivity contribution in [1.82, 2.24) is 9.97 Å². The molecule has 0 saturated carbocycles. The van der Waals surface area contributed by atoms with Crippen molar-refractivity contribution in [2.45, 2.75) is 46.1 Å². The van der Waals surface area contributed by atoms with Gasteiger partial charge in [-0.15, -0.1) is 11.3 Å². The Bertz CT molecular complexity index is 932. The smallest absolute Gasteiger partial charge is 0.326 e. The SMILES string of the molecule is CC(C)CC(Nc1ncnc2scc(-c3ccc(C(C)C)cc3)c12)C(=O)O. The van der Waals surface area contributed by atoms with E-state index in [2.05, 4.69) is 58.8 Å². The molecule has 0 aliphatic carbocycles. The van der Waals surface area contributed by atoms with Crippen LogP contribution in [0, 0.1) is 5.92 Å². The van der Waals surface area contributed by atoms with Crippen molar-refractivity contribution in [1.29, 1.82) is 0 Å². The average molecular weight is 384 g/mol. The van der Waals surface area contributed by atoms with E-state index < -0.39 is 12.0 Å². The van der Waals surface area contributed by atoms with E-state index in [0.29, 0.717) is 18.2 Å². The number of rotatable bonds is 7. The zero-order valence-corrected chi connectivity index (χ0v) is 16.9. The lowest BCUT2D eigenvalue weighted by Gasteiger charge is -2.18. The van der Waals surface area contributed by atoms with E-state index in [1.165, 1.54) is 11.9 Å². The Morgan fingerprint density at radius 3 is 2.44 bits per heavy atom. The molecule has 0 bridgehead atoms. The van der Waals surface area contributed by atoms with Crippen LogP contribution in [-0.2, 0) is 4.79 Å². The molecule has 0 radical (unpaired) electrons. The lowest BCUT2D eigenvalue weighted by Crippen LogP contribution is -2.31. The number of nitrogens with one attached hydrogen (secondary N) is 1. The number of hydrogen-bond acceptors (Lipinski definition) is 5. The average Bonchev–Trinajstić information content (AvgIpc) is 3.06. The van der Waals surface area contributed by atoms with E-state index in [0.717, 1.165) is 21.3 Å². The number of carboxylic acid groups (broad SMARTS) is 1. The minimum absolute atomic E-state index is 0.265. The molecule has 6 heteroatoms. The zero-order chi connectivity index (χ0) is 19.6. The van der Waals surface area contributed by atoms with Crippen LogP contribution in [0.15, 0.2) is 36.0 Å². The second-order valence-electron chi connectivity index (χ2n) is 7.49. The van der Waals surface area contributed by atoms with Crippen LogP contribution < -0.4 is 5.32 Å². The highest BCUT2D eigenvalue weighted by Gasteiger charge is 2.22. The van der Waals surface area contributed by atoms with Gasteiger partial charge >= 0.3 is 5.97 Å². The van der Waals surface area contributed by atoms with Gasteiger partial charge in [0.2, 0.25) is 0 Å². The van der Waals surface area contributed by atoms with Crippen molar-refractivity contribution < 1.29 is 9.90 Å². The van der Waals surface area contributed by atoms with Gasteiger partial charge in [-0.1, -0.05) is 52.0 Å². The largest absolute Gasteiger partial charge is 0.480 e. The predicted octanol–water partition coefficient (Wildman–Crippen LogP) is 5.39. The molecular weight excluding hydrogens is 358 g/mol. The summed E-state index contributed by atoms with van der Waals surface area (Å²) < 4.78 is 0. The van der Waals surface area contributed by atoms with Gasteiger partial charge in [0.25, 0.3) is 0 Å². The number of benzene rings is 1. The lowest BCUT2D eigenvalue weighted by molar-refractivity contribution is -0.138. The van der Waals surface area contributed by atoms with Crippen molar-refractivity contribution in [3.63, 3.8) is 0 Å². The number of aromatic nitrogens is 2. The number of nitrogens with zero attached hydrogens (tertiary/aromatic N) is 2. The third-order valence-corrected chi connectivity index (χ3v) is 5.46. The first-order chi connectivity index (χ1) is 12.9. The molecule has 0 fully saturated rings. The maximum Gasteiger partial charge on any atom is 0.326 e. The molecule has 1 aromatic carbocycles. The summed E-state index contributed by atoms with van der Waals surface area (Å²) in [5, 5.41) is 15.7. The van der Waals surface area contributed by atoms with Gasteiger partial charge in [0.05, 0.1) is 5.39 Å². The summed E-state index contributed by atoms with van der Waals surface area (Å²) in [4.78, 5) is 21.2. The van der Waals surface area contributed by atoms with Crippen molar-refractivity contribution in [2.75, 3.05) is 5.32 Å². The van der Waals surface area contributed by atoms with Crippen LogP contribution in [0.5, 0.6) is 0 Å². The molecule has 27 heavy (non-hydrogen) atoms. The van der Waals surface area contributed by atoms with Crippen LogP contribution in [0.4, 0.5) is 5.82 Å². The zero-order valence-electron chi connectivity index (χ0n) is 16.1. The number of hydrogen-bond donors (Lipinski definition) is 2. The van der Waals surface area contributed by atoms with Gasteiger partial charge in [0.1, 0.15) is 23.0 Å². The van der Waals surface area contributed by atoms with E-state index in [1.54, 1.807) is 11.3 Å². The second kappa shape index (κ2) is 8.05. The van der Waals surface area contributed by atoms with E-state index >= 15 is 0 Å². The molecule has 2 heterocycles. The molecule has 1 atom stereocenters. The summed E-state index contributed by atoms with van der Waals surface area (Å²) in [5.41, 5.74) is 3.40. The highest BCUT2D eigenvalue weighted by atomic mass is 32.1. The highest BCUT2D eigenvalue weighted by Crippen LogP contribution is 2.37. The first-order valence-corrected chi connectivity index (χ1v) is 10.1. The minimum Gasteiger partial charge on any atom is -0.480 e. The number of thiophene rings is 1. The Morgan fingerprint density at radius 1 is 1.15 bits per heavy atom. The molecule has 2 N–H and O–H groups in total. The molecule has 3 rings (SSSR count). The van der Waals surface area contributed by atoms with Gasteiger partial charge in [-0.05, 0) is 29.4 Å². The van der Waals surface area contributed by atoms with Crippen molar-refractivity contribution in [3.8, 4) is 11.1 Å². The lowest BCUT2D eigenvalue weighted by atomic mass is 9.99. The molecule has 2 aromatic heterocycles. The van der Waals surface area contributed by atoms with Gasteiger partial charge in [-0.25, -0.2) is 14.8 Å². The standard InChI is InChI=1S/C21H25N3O2S/c1-12(2)9-17(21(25)26)24-19-18-16(10-27-20(18)23-11-22-19)15-7-5-14(6-8-15)13(3)4/h5-8,10-13,17H,9H2,1-4H3,(H,25,26)(H,22,23,24). The van der Waals surface area contributed by atoms with Gasteiger partial charge in [0.15, 0.2) is 0 Å². The van der Waals surface area contributed by atoms with Crippen LogP contribution in [0.3, 0.4) is 0 Å². The first kappa shape index (κ1) is 19.3. The highest BCUT2D eigenvalue weighted by molar-refractivity contribution is 7.17. The fourth-order valence-corrected chi connectivity index (χ4v) is 4.02. The quantitative estimate of drug-likeness (QED) is 0.572. The molecule has 3 aromatic rings. The summed E-state index contributed by atoms with van der Waals surface area (Å²) in [6, 6.07) is 7.81. The summed E-state index contributed by atoms with van der Waals surface area (Å²) >= 11 is 1.54. The minimum atomic E-state index is -0.867. The molecule has 1 unspecified atom stereocenters. The molecule has 5 nitrogen and oxygen atoms in total. The molecular formula is C21H25N3O2S. The Morgan fingerprint density at radius 2 is 1.85 bits per heavy atom. The number of aliphatic carboxylic acids is 1. The predicted molar refractivity (Wildman–Crippen MR) is 111 cm³/mol. The number of carboxylic acids is 1. The van der Waals surface area contributed by atoms with Crippen LogP contribution >= 0.6 is 11.3 Å². The third kappa shape index (κ3) is 4.27. The molecule has 142 valence electrons. The molecule has 0 spiro atoms. The van der Waals surface area contributed by atoms with Gasteiger partial charge < -0.3 is 10.4 Å². The van der Waals surface area contributed by atoms with Crippen molar-refractivity contribution in [3.05, 3.63) is 41.5 Å². The first-order valence-electron chi connectivity index (χ1n) is 9.18. The Balaban J connectivity index is 2.02. The van der Waals surface area contributed by atoms with Crippen LogP contribution in [-0.4, -0.2) is 27.1 Å². The summed E-state index contributed by atoms with van der Waals surface area (Å²) in [6.07, 6.45) is 2.02. The fraction of sp³-hybridized carbons (Fsp3) is 0.381. The monoisotopic (exact) mass is 383 g/mol. The maximum atomic E-state index is 11.7. The molecule has 0 amide bonds. The summed E-state index contributed by atoms with van der Waals surface area (Å²) in [5.74, 6) is 0.457. The second-order valence-corrected chi connectivity index (χ2v) is 8.35. The van der Waals surface area contributed by atoms with Crippen molar-refractivity contribution >= 4 is 33.3 Å². The normalized spacial score (nSPS) is 12.7. The van der Waals surface area contributed by atoms with Gasteiger partial charge in [-0.2, -0.15) is 0 Å². The van der Waals surface area contributed by atoms with Gasteiger partial charge in [-0.3, -0.25) is 0 Å². The number of anilines is 1. The summed E-state index contributed by atoms with van der Waals surface area (Å²) in [7, 11) is 0. The van der Waals surface area contributed by atoms with E-state index in [1.807, 2.05) is 13.8 Å². The maximum absolute atomic E-state index is 11.7. The fourth-order valence-electron chi connectivity index (χ4n) is 3.10. The van der Waals surface area contributed by atoms with E-state index in [9.17, 15) is 9.90 Å². The van der Waals surface area contributed by atoms with Gasteiger partial charge in [0, 0.05) is 10.9 Å². The number of carbonyl (C=O) groups is 1.